The summed E-state index contributed by atoms with van der Waals surface area (Å²) >= 11 is 0. The molecule has 0 aliphatic rings. The molecule has 3 nitrogen and oxygen atoms in total. The topological polar surface area (TPSA) is 49.5 Å². The van der Waals surface area contributed by atoms with Gasteiger partial charge in [-0.25, -0.2) is 0 Å². The lowest BCUT2D eigenvalue weighted by molar-refractivity contribution is 0.201. The van der Waals surface area contributed by atoms with Gasteiger partial charge in [-0.05, 0) is 25.0 Å². The molecule has 1 aromatic carbocycles. The highest BCUT2D eigenvalue weighted by Crippen LogP contribution is 2.25. The number of rotatable bonds is 5. The molecular weight excluding hydrogens is 200 g/mol. The lowest BCUT2D eigenvalue weighted by Gasteiger charge is -2.25. The fourth-order valence-corrected chi connectivity index (χ4v) is 1.86. The van der Waals surface area contributed by atoms with E-state index in [2.05, 4.69) is 17.9 Å². The van der Waals surface area contributed by atoms with Crippen LogP contribution < -0.4 is 10.6 Å². The Kier molecular flexibility index (Phi) is 4.77. The van der Waals surface area contributed by atoms with Crippen molar-refractivity contribution in [3.8, 4) is 0 Å². The first kappa shape index (κ1) is 13.0. The van der Waals surface area contributed by atoms with Crippen LogP contribution >= 0.6 is 0 Å². The fourth-order valence-electron chi connectivity index (χ4n) is 1.86. The number of benzene rings is 1. The lowest BCUT2D eigenvalue weighted by atomic mass is 10.0. The normalized spacial score (nSPS) is 14.6. The molecule has 2 unspecified atom stereocenters. The van der Waals surface area contributed by atoms with Gasteiger partial charge in [0, 0.05) is 25.3 Å². The van der Waals surface area contributed by atoms with Gasteiger partial charge in [0.2, 0.25) is 0 Å². The van der Waals surface area contributed by atoms with E-state index in [0.29, 0.717) is 6.54 Å². The summed E-state index contributed by atoms with van der Waals surface area (Å²) in [5.41, 5.74) is 8.33. The first-order valence-electron chi connectivity index (χ1n) is 5.80. The third kappa shape index (κ3) is 3.22. The Morgan fingerprint density at radius 3 is 2.56 bits per heavy atom. The average molecular weight is 222 g/mol. The van der Waals surface area contributed by atoms with Crippen molar-refractivity contribution >= 4 is 5.69 Å². The third-order valence-corrected chi connectivity index (χ3v) is 2.73. The van der Waals surface area contributed by atoms with E-state index in [4.69, 9.17) is 5.73 Å². The summed E-state index contributed by atoms with van der Waals surface area (Å²) in [6.45, 7) is 4.49. The molecule has 0 amide bonds. The summed E-state index contributed by atoms with van der Waals surface area (Å²) in [6.07, 6.45) is 0.579. The van der Waals surface area contributed by atoms with E-state index in [9.17, 15) is 5.11 Å². The van der Waals surface area contributed by atoms with Crippen LogP contribution in [0.1, 0.15) is 31.9 Å². The zero-order valence-corrected chi connectivity index (χ0v) is 10.4. The molecule has 0 heterocycles. The molecule has 90 valence electrons. The van der Waals surface area contributed by atoms with Crippen LogP contribution in [-0.4, -0.2) is 24.8 Å². The van der Waals surface area contributed by atoms with Crippen molar-refractivity contribution in [2.45, 2.75) is 32.4 Å². The van der Waals surface area contributed by atoms with Crippen molar-refractivity contribution < 1.29 is 5.11 Å². The van der Waals surface area contributed by atoms with Gasteiger partial charge < -0.3 is 15.7 Å². The van der Waals surface area contributed by atoms with Crippen LogP contribution in [0.15, 0.2) is 24.3 Å². The second-order valence-corrected chi connectivity index (χ2v) is 4.30. The summed E-state index contributed by atoms with van der Waals surface area (Å²) in [4.78, 5) is 2.05. The van der Waals surface area contributed by atoms with Gasteiger partial charge in [-0.3, -0.25) is 0 Å². The Morgan fingerprint density at radius 2 is 2.00 bits per heavy atom. The lowest BCUT2D eigenvalue weighted by Crippen LogP contribution is -2.28. The highest BCUT2D eigenvalue weighted by atomic mass is 16.3. The van der Waals surface area contributed by atoms with Crippen molar-refractivity contribution in [1.82, 2.24) is 0 Å². The molecule has 0 spiro atoms. The quantitative estimate of drug-likeness (QED) is 0.800. The summed E-state index contributed by atoms with van der Waals surface area (Å²) in [5.74, 6) is 0. The summed E-state index contributed by atoms with van der Waals surface area (Å²) < 4.78 is 0. The SMILES string of the molecule is CCC(N)c1ccccc1N(C)CC(C)O. The molecule has 2 atom stereocenters. The van der Waals surface area contributed by atoms with Gasteiger partial charge in [-0.15, -0.1) is 0 Å². The van der Waals surface area contributed by atoms with Crippen LogP contribution in [0.25, 0.3) is 0 Å². The number of aliphatic hydroxyl groups is 1. The van der Waals surface area contributed by atoms with E-state index in [1.165, 1.54) is 0 Å². The van der Waals surface area contributed by atoms with Crippen molar-refractivity contribution in [3.05, 3.63) is 29.8 Å². The van der Waals surface area contributed by atoms with E-state index < -0.39 is 0 Å². The van der Waals surface area contributed by atoms with Crippen molar-refractivity contribution in [2.24, 2.45) is 5.73 Å². The third-order valence-electron chi connectivity index (χ3n) is 2.73. The molecule has 3 N–H and O–H groups in total. The van der Waals surface area contributed by atoms with Gasteiger partial charge >= 0.3 is 0 Å². The van der Waals surface area contributed by atoms with Crippen molar-refractivity contribution in [1.29, 1.82) is 0 Å². The molecule has 3 heteroatoms. The molecule has 1 rings (SSSR count). The Bertz CT molecular complexity index is 325. The van der Waals surface area contributed by atoms with E-state index in [1.807, 2.05) is 25.2 Å². The average Bonchev–Trinajstić information content (AvgIpc) is 2.27. The molecule has 0 aliphatic heterocycles. The van der Waals surface area contributed by atoms with Crippen LogP contribution in [0.5, 0.6) is 0 Å². The van der Waals surface area contributed by atoms with Crippen LogP contribution in [0.2, 0.25) is 0 Å². The number of likely N-dealkylation sites (N-methyl/N-ethyl adjacent to an activating group) is 1. The number of hydrogen-bond acceptors (Lipinski definition) is 3. The van der Waals surface area contributed by atoms with Gasteiger partial charge in [0.05, 0.1) is 6.10 Å². The van der Waals surface area contributed by atoms with Crippen molar-refractivity contribution in [2.75, 3.05) is 18.5 Å². The zero-order valence-electron chi connectivity index (χ0n) is 10.4. The van der Waals surface area contributed by atoms with Crippen LogP contribution in [0.3, 0.4) is 0 Å². The number of anilines is 1. The molecule has 16 heavy (non-hydrogen) atoms. The van der Waals surface area contributed by atoms with E-state index in [1.54, 1.807) is 6.92 Å². The van der Waals surface area contributed by atoms with E-state index in [-0.39, 0.29) is 12.1 Å². The van der Waals surface area contributed by atoms with Crippen LogP contribution in [-0.2, 0) is 0 Å². The molecule has 0 aromatic heterocycles. The van der Waals surface area contributed by atoms with Gasteiger partial charge in [0.15, 0.2) is 0 Å². The molecule has 0 bridgehead atoms. The van der Waals surface area contributed by atoms with Gasteiger partial charge in [0.25, 0.3) is 0 Å². The molecule has 0 fully saturated rings. The Hall–Kier alpha value is -1.06. The molecular formula is C13H22N2O. The van der Waals surface area contributed by atoms with Gasteiger partial charge in [0.1, 0.15) is 0 Å². The second-order valence-electron chi connectivity index (χ2n) is 4.30. The Labute approximate surface area is 97.9 Å². The standard InChI is InChI=1S/C13H22N2O/c1-4-12(14)11-7-5-6-8-13(11)15(3)9-10(2)16/h5-8,10,12,16H,4,9,14H2,1-3H3. The highest BCUT2D eigenvalue weighted by Gasteiger charge is 2.12. The Morgan fingerprint density at radius 1 is 1.38 bits per heavy atom. The number of para-hydroxylation sites is 1. The van der Waals surface area contributed by atoms with Gasteiger partial charge in [-0.1, -0.05) is 25.1 Å². The molecule has 0 aliphatic carbocycles. The first-order valence-corrected chi connectivity index (χ1v) is 5.80. The second kappa shape index (κ2) is 5.87. The zero-order chi connectivity index (χ0) is 12.1. The summed E-state index contributed by atoms with van der Waals surface area (Å²) in [5, 5.41) is 9.40. The van der Waals surface area contributed by atoms with E-state index in [0.717, 1.165) is 17.7 Å². The molecule has 0 radical (unpaired) electrons. The number of aliphatic hydroxyl groups excluding tert-OH is 1. The Balaban J connectivity index is 2.93. The maximum Gasteiger partial charge on any atom is 0.0686 e. The van der Waals surface area contributed by atoms with Crippen LogP contribution in [0.4, 0.5) is 5.69 Å². The maximum absolute atomic E-state index is 9.40. The summed E-state index contributed by atoms with van der Waals surface area (Å²) in [6, 6.07) is 8.17. The monoisotopic (exact) mass is 222 g/mol. The van der Waals surface area contributed by atoms with E-state index >= 15 is 0 Å². The highest BCUT2D eigenvalue weighted by molar-refractivity contribution is 5.54. The first-order chi connectivity index (χ1) is 7.56. The predicted molar refractivity (Wildman–Crippen MR) is 68.6 cm³/mol. The predicted octanol–water partition coefficient (Wildman–Crippen LogP) is 1.91. The van der Waals surface area contributed by atoms with Gasteiger partial charge in [-0.2, -0.15) is 0 Å². The number of nitrogens with zero attached hydrogens (tertiary/aromatic N) is 1. The summed E-state index contributed by atoms with van der Waals surface area (Å²) in [7, 11) is 1.98. The van der Waals surface area contributed by atoms with Crippen molar-refractivity contribution in [3.63, 3.8) is 0 Å². The smallest absolute Gasteiger partial charge is 0.0686 e. The molecule has 0 saturated heterocycles. The maximum atomic E-state index is 9.40. The van der Waals surface area contributed by atoms with Crippen LogP contribution in [0, 0.1) is 0 Å². The molecule has 1 aromatic rings. The minimum atomic E-state index is -0.337. The fraction of sp³-hybridized carbons (Fsp3) is 0.538. The largest absolute Gasteiger partial charge is 0.392 e. The number of nitrogens with two attached hydrogens (primary N) is 1. The minimum Gasteiger partial charge on any atom is -0.392 e. The minimum absolute atomic E-state index is 0.0626. The number of hydrogen-bond donors (Lipinski definition) is 2. The molecule has 0 saturated carbocycles.